The van der Waals surface area contributed by atoms with E-state index in [0.29, 0.717) is 18.5 Å². The lowest BCUT2D eigenvalue weighted by Crippen LogP contribution is -2.48. The molecule has 0 radical (unpaired) electrons. The lowest BCUT2D eigenvalue weighted by molar-refractivity contribution is -0.132. The van der Waals surface area contributed by atoms with Crippen molar-refractivity contribution < 1.29 is 14.0 Å². The number of amides is 2. The van der Waals surface area contributed by atoms with Gasteiger partial charge >= 0.3 is 0 Å². The molecule has 0 saturated carbocycles. The van der Waals surface area contributed by atoms with Gasteiger partial charge in [0.15, 0.2) is 5.76 Å². The molecule has 0 aliphatic carbocycles. The molecule has 1 atom stereocenters. The molecule has 2 amide bonds. The molecule has 3 rings (SSSR count). The molecular weight excluding hydrogens is 366 g/mol. The molecule has 1 heterocycles. The Morgan fingerprint density at radius 1 is 1.03 bits per heavy atom. The van der Waals surface area contributed by atoms with Crippen LogP contribution in [0.3, 0.4) is 0 Å². The number of likely N-dealkylation sites (N-methyl/N-ethyl adjacent to an activating group) is 1. The SMILES string of the molecule is CN(Cc1ccc(C#N)cc1)C(=O)C(Cc1ccccc1)NC(=O)c1ccco1. The standard InChI is InChI=1S/C23H21N3O3/c1-26(16-19-11-9-18(15-24)10-12-19)23(28)20(14-17-6-3-2-4-7-17)25-22(27)21-8-5-13-29-21/h2-13,20H,14,16H2,1H3,(H,25,27). The van der Waals surface area contributed by atoms with Crippen molar-refractivity contribution in [1.82, 2.24) is 10.2 Å². The predicted molar refractivity (Wildman–Crippen MR) is 108 cm³/mol. The molecule has 3 aromatic rings. The van der Waals surface area contributed by atoms with Crippen LogP contribution in [0.5, 0.6) is 0 Å². The molecule has 6 nitrogen and oxygen atoms in total. The first-order valence-corrected chi connectivity index (χ1v) is 9.19. The number of nitrogens with one attached hydrogen (secondary N) is 1. The first kappa shape index (κ1) is 19.9. The van der Waals surface area contributed by atoms with E-state index in [1.807, 2.05) is 42.5 Å². The molecule has 29 heavy (non-hydrogen) atoms. The molecule has 0 aliphatic rings. The first-order chi connectivity index (χ1) is 14.1. The van der Waals surface area contributed by atoms with E-state index in [2.05, 4.69) is 11.4 Å². The van der Waals surface area contributed by atoms with Crippen LogP contribution in [-0.2, 0) is 17.8 Å². The van der Waals surface area contributed by atoms with E-state index in [9.17, 15) is 9.59 Å². The summed E-state index contributed by atoms with van der Waals surface area (Å²) in [4.78, 5) is 27.1. The molecule has 0 fully saturated rings. The van der Waals surface area contributed by atoms with Crippen LogP contribution in [0.25, 0.3) is 0 Å². The van der Waals surface area contributed by atoms with E-state index in [1.165, 1.54) is 6.26 Å². The minimum atomic E-state index is -0.738. The number of hydrogen-bond donors (Lipinski definition) is 1. The highest BCUT2D eigenvalue weighted by Crippen LogP contribution is 2.11. The van der Waals surface area contributed by atoms with Gasteiger partial charge in [-0.2, -0.15) is 5.26 Å². The highest BCUT2D eigenvalue weighted by Gasteiger charge is 2.25. The second kappa shape index (κ2) is 9.38. The van der Waals surface area contributed by atoms with Gasteiger partial charge in [0.1, 0.15) is 6.04 Å². The average Bonchev–Trinajstić information content (AvgIpc) is 3.29. The minimum absolute atomic E-state index is 0.158. The zero-order valence-electron chi connectivity index (χ0n) is 16.0. The largest absolute Gasteiger partial charge is 0.459 e. The molecular formula is C23H21N3O3. The van der Waals surface area contributed by atoms with Crippen molar-refractivity contribution in [1.29, 1.82) is 5.26 Å². The molecule has 2 aromatic carbocycles. The number of hydrogen-bond acceptors (Lipinski definition) is 4. The molecule has 1 unspecified atom stereocenters. The fourth-order valence-electron chi connectivity index (χ4n) is 2.99. The molecule has 1 N–H and O–H groups in total. The third-order valence-electron chi connectivity index (χ3n) is 4.51. The summed E-state index contributed by atoms with van der Waals surface area (Å²) in [5, 5.41) is 11.7. The quantitative estimate of drug-likeness (QED) is 0.675. The summed E-state index contributed by atoms with van der Waals surface area (Å²) in [5.41, 5.74) is 2.41. The smallest absolute Gasteiger partial charge is 0.287 e. The molecule has 0 bridgehead atoms. The average molecular weight is 387 g/mol. The van der Waals surface area contributed by atoms with Gasteiger partial charge < -0.3 is 14.6 Å². The van der Waals surface area contributed by atoms with Crippen molar-refractivity contribution >= 4 is 11.8 Å². The number of nitrogens with zero attached hydrogens (tertiary/aromatic N) is 2. The van der Waals surface area contributed by atoms with Crippen molar-refractivity contribution in [3.63, 3.8) is 0 Å². The fourth-order valence-corrected chi connectivity index (χ4v) is 2.99. The van der Waals surface area contributed by atoms with Crippen LogP contribution in [0, 0.1) is 11.3 Å². The highest BCUT2D eigenvalue weighted by atomic mass is 16.3. The van der Waals surface area contributed by atoms with Crippen molar-refractivity contribution in [2.24, 2.45) is 0 Å². The van der Waals surface area contributed by atoms with Gasteiger partial charge in [-0.1, -0.05) is 42.5 Å². The van der Waals surface area contributed by atoms with Gasteiger partial charge in [-0.05, 0) is 35.4 Å². The Labute approximate surface area is 169 Å². The Bertz CT molecular complexity index is 990. The van der Waals surface area contributed by atoms with Gasteiger partial charge in [0, 0.05) is 20.0 Å². The van der Waals surface area contributed by atoms with Crippen LogP contribution in [0.1, 0.15) is 27.2 Å². The lowest BCUT2D eigenvalue weighted by Gasteiger charge is -2.24. The highest BCUT2D eigenvalue weighted by molar-refractivity contribution is 5.95. The van der Waals surface area contributed by atoms with Gasteiger partial charge in [0.25, 0.3) is 5.91 Å². The summed E-state index contributed by atoms with van der Waals surface area (Å²) < 4.78 is 5.14. The molecule has 0 aliphatic heterocycles. The van der Waals surface area contributed by atoms with Gasteiger partial charge in [-0.3, -0.25) is 9.59 Å². The van der Waals surface area contributed by atoms with E-state index in [1.54, 1.807) is 36.2 Å². The van der Waals surface area contributed by atoms with E-state index in [-0.39, 0.29) is 11.7 Å². The predicted octanol–water partition coefficient (Wildman–Crippen LogP) is 3.15. The zero-order valence-corrected chi connectivity index (χ0v) is 16.0. The maximum Gasteiger partial charge on any atom is 0.287 e. The topological polar surface area (TPSA) is 86.3 Å². The van der Waals surface area contributed by atoms with E-state index in [0.717, 1.165) is 11.1 Å². The second-order valence-corrected chi connectivity index (χ2v) is 6.70. The molecule has 0 spiro atoms. The van der Waals surface area contributed by atoms with Gasteiger partial charge in [-0.25, -0.2) is 0 Å². The monoisotopic (exact) mass is 387 g/mol. The van der Waals surface area contributed by atoms with Crippen LogP contribution in [0.15, 0.2) is 77.4 Å². The number of carbonyl (C=O) groups is 2. The van der Waals surface area contributed by atoms with Crippen LogP contribution in [-0.4, -0.2) is 29.8 Å². The maximum absolute atomic E-state index is 13.1. The molecule has 146 valence electrons. The van der Waals surface area contributed by atoms with Crippen molar-refractivity contribution in [2.75, 3.05) is 7.05 Å². The Kier molecular flexibility index (Phi) is 6.43. The molecule has 1 aromatic heterocycles. The fraction of sp³-hybridized carbons (Fsp3) is 0.174. The summed E-state index contributed by atoms with van der Waals surface area (Å²) in [6.45, 7) is 0.368. The summed E-state index contributed by atoms with van der Waals surface area (Å²) in [5.74, 6) is -0.486. The van der Waals surface area contributed by atoms with E-state index < -0.39 is 11.9 Å². The van der Waals surface area contributed by atoms with E-state index >= 15 is 0 Å². The van der Waals surface area contributed by atoms with Gasteiger partial charge in [0.2, 0.25) is 5.91 Å². The summed E-state index contributed by atoms with van der Waals surface area (Å²) in [6, 6.07) is 21.1. The van der Waals surface area contributed by atoms with Crippen LogP contribution >= 0.6 is 0 Å². The normalized spacial score (nSPS) is 11.3. The number of rotatable bonds is 7. The third kappa shape index (κ3) is 5.33. The van der Waals surface area contributed by atoms with Gasteiger partial charge in [-0.15, -0.1) is 0 Å². The Balaban J connectivity index is 1.74. The Morgan fingerprint density at radius 2 is 1.76 bits per heavy atom. The summed E-state index contributed by atoms with van der Waals surface area (Å²) >= 11 is 0. The number of benzene rings is 2. The molecule has 0 saturated heterocycles. The summed E-state index contributed by atoms with van der Waals surface area (Å²) in [6.07, 6.45) is 1.78. The van der Waals surface area contributed by atoms with Crippen LogP contribution in [0.4, 0.5) is 0 Å². The van der Waals surface area contributed by atoms with Crippen molar-refractivity contribution in [2.45, 2.75) is 19.0 Å². The molecule has 6 heteroatoms. The van der Waals surface area contributed by atoms with Gasteiger partial charge in [0.05, 0.1) is 17.9 Å². The number of furan rings is 1. The number of carbonyl (C=O) groups excluding carboxylic acids is 2. The van der Waals surface area contributed by atoms with E-state index in [4.69, 9.17) is 9.68 Å². The maximum atomic E-state index is 13.1. The third-order valence-corrected chi connectivity index (χ3v) is 4.51. The Morgan fingerprint density at radius 3 is 2.38 bits per heavy atom. The Hall–Kier alpha value is -3.85. The lowest BCUT2D eigenvalue weighted by atomic mass is 10.0. The van der Waals surface area contributed by atoms with Crippen LogP contribution < -0.4 is 5.32 Å². The zero-order chi connectivity index (χ0) is 20.6. The number of nitriles is 1. The minimum Gasteiger partial charge on any atom is -0.459 e. The summed E-state index contributed by atoms with van der Waals surface area (Å²) in [7, 11) is 1.69. The second-order valence-electron chi connectivity index (χ2n) is 6.70. The first-order valence-electron chi connectivity index (χ1n) is 9.19. The van der Waals surface area contributed by atoms with Crippen LogP contribution in [0.2, 0.25) is 0 Å². The van der Waals surface area contributed by atoms with Crippen molar-refractivity contribution in [3.8, 4) is 6.07 Å². The van der Waals surface area contributed by atoms with Crippen molar-refractivity contribution in [3.05, 3.63) is 95.4 Å².